The van der Waals surface area contributed by atoms with E-state index in [0.717, 1.165) is 6.26 Å². The van der Waals surface area contributed by atoms with E-state index in [1.807, 2.05) is 13.8 Å². The summed E-state index contributed by atoms with van der Waals surface area (Å²) in [5.74, 6) is 0.108. The molecule has 0 spiro atoms. The van der Waals surface area contributed by atoms with E-state index in [2.05, 4.69) is 4.72 Å². The molecule has 0 rings (SSSR count). The van der Waals surface area contributed by atoms with Crippen molar-refractivity contribution < 1.29 is 13.2 Å². The summed E-state index contributed by atoms with van der Waals surface area (Å²) in [6.07, 6.45) is 1.73. The molecule has 7 heteroatoms. The normalized spacial score (nSPS) is 15.5. The third-order valence-corrected chi connectivity index (χ3v) is 3.57. The monoisotopic (exact) mass is 279 g/mol. The molecule has 0 aliphatic heterocycles. The largest absolute Gasteiger partial charge is 0.344 e. The van der Waals surface area contributed by atoms with Gasteiger partial charge < -0.3 is 10.6 Å². The Hall–Kier alpha value is -0.660. The van der Waals surface area contributed by atoms with E-state index in [4.69, 9.17) is 5.73 Å². The van der Waals surface area contributed by atoms with Gasteiger partial charge in [-0.15, -0.1) is 0 Å². The molecule has 3 N–H and O–H groups in total. The minimum absolute atomic E-state index is 0.0402. The lowest BCUT2D eigenvalue weighted by Crippen LogP contribution is -2.46. The third kappa shape index (κ3) is 6.93. The second-order valence-electron chi connectivity index (χ2n) is 5.07. The van der Waals surface area contributed by atoms with Gasteiger partial charge in [0.1, 0.15) is 0 Å². The van der Waals surface area contributed by atoms with Crippen molar-refractivity contribution in [2.24, 2.45) is 11.7 Å². The molecular weight excluding hydrogens is 254 g/mol. The van der Waals surface area contributed by atoms with Crippen LogP contribution in [0.2, 0.25) is 0 Å². The predicted molar refractivity (Wildman–Crippen MR) is 72.5 cm³/mol. The van der Waals surface area contributed by atoms with Crippen molar-refractivity contribution in [3.05, 3.63) is 0 Å². The molecule has 0 heterocycles. The highest BCUT2D eigenvalue weighted by molar-refractivity contribution is 7.88. The Morgan fingerprint density at radius 2 is 1.83 bits per heavy atom. The van der Waals surface area contributed by atoms with Gasteiger partial charge in [0, 0.05) is 19.6 Å². The van der Waals surface area contributed by atoms with Crippen LogP contribution in [-0.2, 0) is 14.8 Å². The SMILES string of the molecule is CC(NS(C)(=O)=O)C(=O)N(C)CCC(N)C(C)C. The summed E-state index contributed by atoms with van der Waals surface area (Å²) in [5.41, 5.74) is 5.89. The van der Waals surface area contributed by atoms with Crippen LogP contribution in [-0.4, -0.2) is 51.2 Å². The van der Waals surface area contributed by atoms with Gasteiger partial charge in [0.05, 0.1) is 12.3 Å². The summed E-state index contributed by atoms with van der Waals surface area (Å²) in [6.45, 7) is 6.11. The van der Waals surface area contributed by atoms with Crippen LogP contribution in [0.25, 0.3) is 0 Å². The Bertz CT molecular complexity index is 368. The molecule has 0 radical (unpaired) electrons. The van der Waals surface area contributed by atoms with Gasteiger partial charge in [-0.25, -0.2) is 13.1 Å². The summed E-state index contributed by atoms with van der Waals surface area (Å²) in [4.78, 5) is 13.4. The van der Waals surface area contributed by atoms with E-state index in [9.17, 15) is 13.2 Å². The van der Waals surface area contributed by atoms with E-state index in [-0.39, 0.29) is 11.9 Å². The van der Waals surface area contributed by atoms with Gasteiger partial charge >= 0.3 is 0 Å². The van der Waals surface area contributed by atoms with E-state index >= 15 is 0 Å². The van der Waals surface area contributed by atoms with Gasteiger partial charge in [-0.3, -0.25) is 4.79 Å². The molecule has 108 valence electrons. The molecule has 6 nitrogen and oxygen atoms in total. The number of nitrogens with two attached hydrogens (primary N) is 1. The van der Waals surface area contributed by atoms with Crippen molar-refractivity contribution >= 4 is 15.9 Å². The van der Waals surface area contributed by atoms with Crippen LogP contribution in [0.1, 0.15) is 27.2 Å². The molecule has 0 aliphatic carbocycles. The number of carbonyl (C=O) groups excluding carboxylic acids is 1. The second kappa shape index (κ2) is 7.06. The number of hydrogen-bond donors (Lipinski definition) is 2. The summed E-state index contributed by atoms with van der Waals surface area (Å²) in [7, 11) is -1.72. The first kappa shape index (κ1) is 17.3. The average Bonchev–Trinajstić information content (AvgIpc) is 2.21. The molecule has 0 saturated heterocycles. The lowest BCUT2D eigenvalue weighted by Gasteiger charge is -2.24. The highest BCUT2D eigenvalue weighted by Crippen LogP contribution is 2.04. The van der Waals surface area contributed by atoms with Gasteiger partial charge in [-0.05, 0) is 19.3 Å². The molecule has 0 aromatic rings. The van der Waals surface area contributed by atoms with Gasteiger partial charge in [0.25, 0.3) is 0 Å². The van der Waals surface area contributed by atoms with Crippen LogP contribution in [0.4, 0.5) is 0 Å². The number of sulfonamides is 1. The van der Waals surface area contributed by atoms with Crippen LogP contribution in [0.5, 0.6) is 0 Å². The van der Waals surface area contributed by atoms with Crippen LogP contribution in [0, 0.1) is 5.92 Å². The molecular formula is C11H25N3O3S. The number of likely N-dealkylation sites (N-methyl/N-ethyl adjacent to an activating group) is 1. The number of nitrogens with zero attached hydrogens (tertiary/aromatic N) is 1. The number of carbonyl (C=O) groups is 1. The van der Waals surface area contributed by atoms with Crippen molar-refractivity contribution in [1.82, 2.24) is 9.62 Å². The standard InChI is InChI=1S/C11H25N3O3S/c1-8(2)10(12)6-7-14(4)11(15)9(3)13-18(5,16)17/h8-10,13H,6-7,12H2,1-5H3. The van der Waals surface area contributed by atoms with Crippen LogP contribution < -0.4 is 10.5 Å². The first-order valence-corrected chi connectivity index (χ1v) is 7.91. The van der Waals surface area contributed by atoms with Gasteiger partial charge in [-0.2, -0.15) is 0 Å². The van der Waals surface area contributed by atoms with Crippen molar-refractivity contribution in [2.45, 2.75) is 39.3 Å². The molecule has 2 unspecified atom stereocenters. The number of hydrogen-bond acceptors (Lipinski definition) is 4. The molecule has 0 saturated carbocycles. The molecule has 0 aromatic heterocycles. The Morgan fingerprint density at radius 3 is 2.22 bits per heavy atom. The first-order chi connectivity index (χ1) is 8.04. The van der Waals surface area contributed by atoms with Crippen LogP contribution >= 0.6 is 0 Å². The Morgan fingerprint density at radius 1 is 1.33 bits per heavy atom. The molecule has 1 amide bonds. The number of rotatable bonds is 7. The lowest BCUT2D eigenvalue weighted by molar-refractivity contribution is -0.131. The average molecular weight is 279 g/mol. The lowest BCUT2D eigenvalue weighted by atomic mass is 10.0. The van der Waals surface area contributed by atoms with Crippen molar-refractivity contribution in [3.8, 4) is 0 Å². The fourth-order valence-electron chi connectivity index (χ4n) is 1.49. The molecule has 18 heavy (non-hydrogen) atoms. The molecule has 0 fully saturated rings. The zero-order valence-electron chi connectivity index (χ0n) is 11.8. The van der Waals surface area contributed by atoms with E-state index < -0.39 is 16.1 Å². The van der Waals surface area contributed by atoms with E-state index in [1.54, 1.807) is 7.05 Å². The topological polar surface area (TPSA) is 92.5 Å². The first-order valence-electron chi connectivity index (χ1n) is 6.02. The number of nitrogens with one attached hydrogen (secondary N) is 1. The zero-order chi connectivity index (χ0) is 14.5. The quantitative estimate of drug-likeness (QED) is 0.672. The fraction of sp³-hybridized carbons (Fsp3) is 0.909. The van der Waals surface area contributed by atoms with Crippen molar-refractivity contribution in [3.63, 3.8) is 0 Å². The van der Waals surface area contributed by atoms with Crippen LogP contribution in [0.15, 0.2) is 0 Å². The van der Waals surface area contributed by atoms with Crippen molar-refractivity contribution in [2.75, 3.05) is 19.8 Å². The maximum absolute atomic E-state index is 11.9. The molecule has 0 bridgehead atoms. The van der Waals surface area contributed by atoms with Gasteiger partial charge in [0.15, 0.2) is 0 Å². The molecule has 0 aliphatic rings. The minimum Gasteiger partial charge on any atom is -0.344 e. The van der Waals surface area contributed by atoms with E-state index in [1.165, 1.54) is 11.8 Å². The Balaban J connectivity index is 4.26. The van der Waals surface area contributed by atoms with Gasteiger partial charge in [-0.1, -0.05) is 13.8 Å². The summed E-state index contributed by atoms with van der Waals surface area (Å²) in [5, 5.41) is 0. The molecule has 0 aromatic carbocycles. The van der Waals surface area contributed by atoms with E-state index in [0.29, 0.717) is 18.9 Å². The smallest absolute Gasteiger partial charge is 0.240 e. The third-order valence-electron chi connectivity index (χ3n) is 2.79. The maximum Gasteiger partial charge on any atom is 0.240 e. The molecule has 2 atom stereocenters. The van der Waals surface area contributed by atoms with Gasteiger partial charge in [0.2, 0.25) is 15.9 Å². The highest BCUT2D eigenvalue weighted by atomic mass is 32.2. The predicted octanol–water partition coefficient (Wildman–Crippen LogP) is -0.244. The fourth-order valence-corrected chi connectivity index (χ4v) is 2.23. The van der Waals surface area contributed by atoms with Crippen LogP contribution in [0.3, 0.4) is 0 Å². The summed E-state index contributed by atoms with van der Waals surface area (Å²) in [6, 6.07) is -0.710. The Labute approximate surface area is 110 Å². The minimum atomic E-state index is -3.37. The Kier molecular flexibility index (Phi) is 6.80. The van der Waals surface area contributed by atoms with Crippen molar-refractivity contribution in [1.29, 1.82) is 0 Å². The highest BCUT2D eigenvalue weighted by Gasteiger charge is 2.21. The zero-order valence-corrected chi connectivity index (χ0v) is 12.6. The maximum atomic E-state index is 11.9. The number of amides is 1. The summed E-state index contributed by atoms with van der Waals surface area (Å²) < 4.78 is 24.3. The second-order valence-corrected chi connectivity index (χ2v) is 6.85. The summed E-state index contributed by atoms with van der Waals surface area (Å²) >= 11 is 0.